The summed E-state index contributed by atoms with van der Waals surface area (Å²) in [7, 11) is 0. The molecule has 0 saturated carbocycles. The standard InChI is InChI=1S/C20H17Cl2N3O/c21-15-9-14(10-16(22)11-15)20(26)24-19-17-4-2-1-3-13(17)5-6-18(19)25-8-7-23-12-25/h1-4,7-12,18-19H,5-6H2,(H,24,26). The first-order valence-corrected chi connectivity index (χ1v) is 9.19. The van der Waals surface area contributed by atoms with E-state index in [0.29, 0.717) is 15.6 Å². The Bertz CT molecular complexity index is 920. The number of hydrogen-bond donors (Lipinski definition) is 1. The number of amides is 1. The minimum absolute atomic E-state index is 0.103. The lowest BCUT2D eigenvalue weighted by Crippen LogP contribution is -2.37. The number of aryl methyl sites for hydroxylation is 1. The minimum atomic E-state index is -0.193. The topological polar surface area (TPSA) is 46.9 Å². The van der Waals surface area contributed by atoms with Crippen LogP contribution in [0.25, 0.3) is 0 Å². The summed E-state index contributed by atoms with van der Waals surface area (Å²) in [5.41, 5.74) is 2.85. The summed E-state index contributed by atoms with van der Waals surface area (Å²) >= 11 is 12.1. The van der Waals surface area contributed by atoms with Gasteiger partial charge in [0.15, 0.2) is 0 Å². The monoisotopic (exact) mass is 385 g/mol. The third kappa shape index (κ3) is 3.35. The number of carbonyl (C=O) groups excluding carboxylic acids is 1. The van der Waals surface area contributed by atoms with Crippen LogP contribution in [0.5, 0.6) is 0 Å². The molecular formula is C20H17Cl2N3O. The molecule has 26 heavy (non-hydrogen) atoms. The number of aromatic nitrogens is 2. The summed E-state index contributed by atoms with van der Waals surface area (Å²) in [6.07, 6.45) is 7.39. The van der Waals surface area contributed by atoms with Gasteiger partial charge in [0.05, 0.1) is 18.4 Å². The molecule has 1 aliphatic rings. The molecule has 1 heterocycles. The third-order valence-electron chi connectivity index (χ3n) is 4.80. The molecule has 3 aromatic rings. The predicted octanol–water partition coefficient (Wildman–Crippen LogP) is 4.85. The van der Waals surface area contributed by atoms with Gasteiger partial charge in [-0.3, -0.25) is 4.79 Å². The lowest BCUT2D eigenvalue weighted by atomic mass is 9.83. The van der Waals surface area contributed by atoms with Crippen molar-refractivity contribution in [2.45, 2.75) is 24.9 Å². The van der Waals surface area contributed by atoms with Crippen LogP contribution in [0, 0.1) is 0 Å². The zero-order valence-corrected chi connectivity index (χ0v) is 15.4. The van der Waals surface area contributed by atoms with Crippen LogP contribution in [0.3, 0.4) is 0 Å². The van der Waals surface area contributed by atoms with Gasteiger partial charge < -0.3 is 9.88 Å². The molecule has 1 aromatic heterocycles. The molecule has 0 spiro atoms. The zero-order chi connectivity index (χ0) is 18.1. The second kappa shape index (κ2) is 7.14. The van der Waals surface area contributed by atoms with E-state index in [9.17, 15) is 4.79 Å². The zero-order valence-electron chi connectivity index (χ0n) is 13.9. The van der Waals surface area contributed by atoms with Gasteiger partial charge in [-0.25, -0.2) is 4.98 Å². The fourth-order valence-corrected chi connectivity index (χ4v) is 4.14. The molecule has 132 valence electrons. The maximum Gasteiger partial charge on any atom is 0.251 e. The quantitative estimate of drug-likeness (QED) is 0.700. The van der Waals surface area contributed by atoms with Gasteiger partial charge in [0.25, 0.3) is 5.91 Å². The molecule has 4 rings (SSSR count). The summed E-state index contributed by atoms with van der Waals surface area (Å²) in [6, 6.07) is 13.1. The summed E-state index contributed by atoms with van der Waals surface area (Å²) in [5, 5.41) is 4.06. The fraction of sp³-hybridized carbons (Fsp3) is 0.200. The van der Waals surface area contributed by atoms with E-state index in [2.05, 4.69) is 27.0 Å². The van der Waals surface area contributed by atoms with Crippen molar-refractivity contribution in [1.29, 1.82) is 0 Å². The van der Waals surface area contributed by atoms with E-state index in [-0.39, 0.29) is 18.0 Å². The Kier molecular flexibility index (Phi) is 4.70. The average Bonchev–Trinajstić information content (AvgIpc) is 3.15. The Hall–Kier alpha value is -2.30. The summed E-state index contributed by atoms with van der Waals surface area (Å²) < 4.78 is 2.06. The number of rotatable bonds is 3. The number of nitrogens with one attached hydrogen (secondary N) is 1. The Morgan fingerprint density at radius 1 is 1.15 bits per heavy atom. The van der Waals surface area contributed by atoms with E-state index in [4.69, 9.17) is 23.2 Å². The number of fused-ring (bicyclic) bond motifs is 1. The molecular weight excluding hydrogens is 369 g/mol. The molecule has 2 atom stereocenters. The van der Waals surface area contributed by atoms with Gasteiger partial charge in [-0.2, -0.15) is 0 Å². The molecule has 4 nitrogen and oxygen atoms in total. The highest BCUT2D eigenvalue weighted by molar-refractivity contribution is 6.35. The Morgan fingerprint density at radius 3 is 2.65 bits per heavy atom. The van der Waals surface area contributed by atoms with Gasteiger partial charge in [-0.15, -0.1) is 0 Å². The van der Waals surface area contributed by atoms with Crippen molar-refractivity contribution in [2.75, 3.05) is 0 Å². The third-order valence-corrected chi connectivity index (χ3v) is 5.24. The number of hydrogen-bond acceptors (Lipinski definition) is 2. The first-order valence-electron chi connectivity index (χ1n) is 8.44. The predicted molar refractivity (Wildman–Crippen MR) is 103 cm³/mol. The summed E-state index contributed by atoms with van der Waals surface area (Å²) in [6.45, 7) is 0. The minimum Gasteiger partial charge on any atom is -0.343 e. The highest BCUT2D eigenvalue weighted by Gasteiger charge is 2.32. The van der Waals surface area contributed by atoms with Crippen molar-refractivity contribution in [3.63, 3.8) is 0 Å². The summed E-state index contributed by atoms with van der Waals surface area (Å²) in [5.74, 6) is -0.193. The first kappa shape index (κ1) is 17.1. The Balaban J connectivity index is 1.69. The van der Waals surface area contributed by atoms with Gasteiger partial charge in [0.1, 0.15) is 0 Å². The van der Waals surface area contributed by atoms with Crippen LogP contribution < -0.4 is 5.32 Å². The average molecular weight is 386 g/mol. The van der Waals surface area contributed by atoms with Crippen LogP contribution in [0.15, 0.2) is 61.2 Å². The van der Waals surface area contributed by atoms with Crippen molar-refractivity contribution in [3.8, 4) is 0 Å². The van der Waals surface area contributed by atoms with Crippen LogP contribution in [-0.4, -0.2) is 15.5 Å². The lowest BCUT2D eigenvalue weighted by Gasteiger charge is -2.35. The van der Waals surface area contributed by atoms with E-state index in [1.807, 2.05) is 18.3 Å². The highest BCUT2D eigenvalue weighted by Crippen LogP contribution is 2.37. The molecule has 0 fully saturated rings. The van der Waals surface area contributed by atoms with Gasteiger partial charge in [0.2, 0.25) is 0 Å². The number of nitrogens with zero attached hydrogens (tertiary/aromatic N) is 2. The van der Waals surface area contributed by atoms with Crippen molar-refractivity contribution < 1.29 is 4.79 Å². The van der Waals surface area contributed by atoms with Crippen LogP contribution in [-0.2, 0) is 6.42 Å². The maximum absolute atomic E-state index is 12.9. The fourth-order valence-electron chi connectivity index (χ4n) is 3.61. The van der Waals surface area contributed by atoms with Crippen LogP contribution in [0.4, 0.5) is 0 Å². The van der Waals surface area contributed by atoms with Crippen molar-refractivity contribution in [3.05, 3.63) is 87.9 Å². The normalized spacial score (nSPS) is 19.0. The smallest absolute Gasteiger partial charge is 0.251 e. The van der Waals surface area contributed by atoms with E-state index in [1.54, 1.807) is 30.7 Å². The lowest BCUT2D eigenvalue weighted by molar-refractivity contribution is 0.0918. The molecule has 1 amide bonds. The SMILES string of the molecule is O=C(NC1c2ccccc2CCC1n1ccnc1)c1cc(Cl)cc(Cl)c1. The maximum atomic E-state index is 12.9. The first-order chi connectivity index (χ1) is 12.6. The molecule has 1 aliphatic carbocycles. The number of carbonyl (C=O) groups is 1. The van der Waals surface area contributed by atoms with Gasteiger partial charge in [-0.1, -0.05) is 47.5 Å². The largest absolute Gasteiger partial charge is 0.343 e. The van der Waals surface area contributed by atoms with Crippen LogP contribution >= 0.6 is 23.2 Å². The Labute approximate surface area is 161 Å². The van der Waals surface area contributed by atoms with E-state index < -0.39 is 0 Å². The number of benzene rings is 2. The van der Waals surface area contributed by atoms with Crippen molar-refractivity contribution in [1.82, 2.24) is 14.9 Å². The van der Waals surface area contributed by atoms with Crippen LogP contribution in [0.2, 0.25) is 10.0 Å². The molecule has 0 bridgehead atoms. The molecule has 2 unspecified atom stereocenters. The van der Waals surface area contributed by atoms with E-state index >= 15 is 0 Å². The number of imidazole rings is 1. The van der Waals surface area contributed by atoms with Gasteiger partial charge >= 0.3 is 0 Å². The second-order valence-electron chi connectivity index (χ2n) is 6.42. The number of halogens is 2. The van der Waals surface area contributed by atoms with Crippen molar-refractivity contribution >= 4 is 29.1 Å². The molecule has 6 heteroatoms. The molecule has 2 aromatic carbocycles. The van der Waals surface area contributed by atoms with Gasteiger partial charge in [0, 0.05) is 28.0 Å². The van der Waals surface area contributed by atoms with Gasteiger partial charge in [-0.05, 0) is 42.2 Å². The van der Waals surface area contributed by atoms with Crippen molar-refractivity contribution in [2.24, 2.45) is 0 Å². The van der Waals surface area contributed by atoms with E-state index in [1.165, 1.54) is 5.56 Å². The Morgan fingerprint density at radius 2 is 1.92 bits per heavy atom. The summed E-state index contributed by atoms with van der Waals surface area (Å²) in [4.78, 5) is 17.1. The molecule has 0 saturated heterocycles. The highest BCUT2D eigenvalue weighted by atomic mass is 35.5. The molecule has 1 N–H and O–H groups in total. The van der Waals surface area contributed by atoms with E-state index in [0.717, 1.165) is 18.4 Å². The van der Waals surface area contributed by atoms with Crippen LogP contribution in [0.1, 0.15) is 40.0 Å². The second-order valence-corrected chi connectivity index (χ2v) is 7.30. The molecule has 0 aliphatic heterocycles. The molecule has 0 radical (unpaired) electrons.